The first-order valence-electron chi connectivity index (χ1n) is 7.34. The Balaban J connectivity index is 2.23. The second kappa shape index (κ2) is 7.90. The van der Waals surface area contributed by atoms with E-state index in [0.29, 0.717) is 0 Å². The van der Waals surface area contributed by atoms with Crippen molar-refractivity contribution in [2.75, 3.05) is 7.11 Å². The van der Waals surface area contributed by atoms with E-state index in [4.69, 9.17) is 0 Å². The maximum Gasteiger partial charge on any atom is 0.324 e. The van der Waals surface area contributed by atoms with E-state index < -0.39 is 22.0 Å². The number of benzene rings is 2. The molecule has 2 aromatic carbocycles. The van der Waals surface area contributed by atoms with Gasteiger partial charge in [-0.3, -0.25) is 4.79 Å². The van der Waals surface area contributed by atoms with E-state index in [1.807, 2.05) is 30.3 Å². The van der Waals surface area contributed by atoms with Crippen molar-refractivity contribution < 1.29 is 17.9 Å². The lowest BCUT2D eigenvalue weighted by molar-refractivity contribution is -0.142. The standard InChI is InChI=1S/C18H19NO4S/c1-3-7-17(18(20)23-2)19-24(21,22)16-12-10-15(11-13-16)14-8-5-4-6-9-14/h3-6,8-13,17,19H,1,7H2,2H3. The molecule has 1 unspecified atom stereocenters. The number of nitrogens with one attached hydrogen (secondary N) is 1. The van der Waals surface area contributed by atoms with Crippen LogP contribution in [0.5, 0.6) is 0 Å². The van der Waals surface area contributed by atoms with Crippen molar-refractivity contribution in [3.8, 4) is 11.1 Å². The Bertz CT molecular complexity index is 799. The van der Waals surface area contributed by atoms with Crippen LogP contribution in [0.1, 0.15) is 6.42 Å². The van der Waals surface area contributed by atoms with E-state index in [2.05, 4.69) is 16.0 Å². The van der Waals surface area contributed by atoms with Gasteiger partial charge in [0.05, 0.1) is 12.0 Å². The number of sulfonamides is 1. The molecular weight excluding hydrogens is 326 g/mol. The molecule has 0 saturated carbocycles. The third-order valence-electron chi connectivity index (χ3n) is 3.46. The summed E-state index contributed by atoms with van der Waals surface area (Å²) >= 11 is 0. The van der Waals surface area contributed by atoms with Crippen molar-refractivity contribution in [1.29, 1.82) is 0 Å². The highest BCUT2D eigenvalue weighted by atomic mass is 32.2. The van der Waals surface area contributed by atoms with Crippen molar-refractivity contribution in [2.24, 2.45) is 0 Å². The van der Waals surface area contributed by atoms with Gasteiger partial charge in [0.15, 0.2) is 0 Å². The monoisotopic (exact) mass is 345 g/mol. The van der Waals surface area contributed by atoms with Crippen LogP contribution in [0.2, 0.25) is 0 Å². The van der Waals surface area contributed by atoms with E-state index in [-0.39, 0.29) is 11.3 Å². The molecule has 2 rings (SSSR count). The fourth-order valence-electron chi connectivity index (χ4n) is 2.21. The van der Waals surface area contributed by atoms with Crippen molar-refractivity contribution >= 4 is 16.0 Å². The van der Waals surface area contributed by atoms with Gasteiger partial charge in [0.25, 0.3) is 0 Å². The van der Waals surface area contributed by atoms with Gasteiger partial charge in [-0.25, -0.2) is 8.42 Å². The van der Waals surface area contributed by atoms with Crippen LogP contribution in [-0.4, -0.2) is 27.5 Å². The normalized spacial score (nSPS) is 12.4. The zero-order valence-electron chi connectivity index (χ0n) is 13.3. The summed E-state index contributed by atoms with van der Waals surface area (Å²) in [7, 11) is -2.62. The number of carbonyl (C=O) groups excluding carboxylic acids is 1. The first-order chi connectivity index (χ1) is 11.5. The molecule has 0 heterocycles. The van der Waals surface area contributed by atoms with Crippen LogP contribution in [0.3, 0.4) is 0 Å². The summed E-state index contributed by atoms with van der Waals surface area (Å²) < 4.78 is 31.8. The number of hydrogen-bond donors (Lipinski definition) is 1. The minimum Gasteiger partial charge on any atom is -0.468 e. The molecule has 0 saturated heterocycles. The lowest BCUT2D eigenvalue weighted by Crippen LogP contribution is -2.41. The Labute approximate surface area is 142 Å². The maximum absolute atomic E-state index is 12.4. The summed E-state index contributed by atoms with van der Waals surface area (Å²) in [6.07, 6.45) is 1.61. The molecule has 0 aromatic heterocycles. The van der Waals surface area contributed by atoms with Crippen LogP contribution >= 0.6 is 0 Å². The van der Waals surface area contributed by atoms with Crippen LogP contribution < -0.4 is 4.72 Å². The molecule has 0 fully saturated rings. The zero-order valence-corrected chi connectivity index (χ0v) is 14.1. The predicted octanol–water partition coefficient (Wildman–Crippen LogP) is 2.75. The Morgan fingerprint density at radius 3 is 2.25 bits per heavy atom. The molecule has 0 bridgehead atoms. The average Bonchev–Trinajstić information content (AvgIpc) is 2.61. The largest absolute Gasteiger partial charge is 0.468 e. The van der Waals surface area contributed by atoms with E-state index >= 15 is 0 Å². The van der Waals surface area contributed by atoms with Crippen molar-refractivity contribution in [3.63, 3.8) is 0 Å². The molecule has 0 radical (unpaired) electrons. The molecule has 2 aromatic rings. The molecule has 5 nitrogen and oxygen atoms in total. The minimum atomic E-state index is -3.83. The van der Waals surface area contributed by atoms with Crippen LogP contribution in [0, 0.1) is 0 Å². The van der Waals surface area contributed by atoms with Gasteiger partial charge in [-0.2, -0.15) is 4.72 Å². The summed E-state index contributed by atoms with van der Waals surface area (Å²) in [5.41, 5.74) is 1.90. The fraction of sp³-hybridized carbons (Fsp3) is 0.167. The summed E-state index contributed by atoms with van der Waals surface area (Å²) in [6, 6.07) is 15.1. The van der Waals surface area contributed by atoms with Crippen molar-refractivity contribution in [1.82, 2.24) is 4.72 Å². The second-order valence-corrected chi connectivity index (χ2v) is 6.83. The average molecular weight is 345 g/mol. The number of carbonyl (C=O) groups is 1. The zero-order chi connectivity index (χ0) is 17.6. The molecular formula is C18H19NO4S. The Morgan fingerprint density at radius 2 is 1.71 bits per heavy atom. The van der Waals surface area contributed by atoms with Crippen LogP contribution in [0.25, 0.3) is 11.1 Å². The van der Waals surface area contributed by atoms with Gasteiger partial charge >= 0.3 is 5.97 Å². The first-order valence-corrected chi connectivity index (χ1v) is 8.83. The Morgan fingerprint density at radius 1 is 1.12 bits per heavy atom. The fourth-order valence-corrected chi connectivity index (χ4v) is 3.41. The molecule has 0 amide bonds. The highest BCUT2D eigenvalue weighted by Crippen LogP contribution is 2.21. The maximum atomic E-state index is 12.4. The Hall–Kier alpha value is -2.44. The lowest BCUT2D eigenvalue weighted by atomic mass is 10.1. The molecule has 24 heavy (non-hydrogen) atoms. The molecule has 0 aliphatic heterocycles. The van der Waals surface area contributed by atoms with Gasteiger partial charge < -0.3 is 4.74 Å². The second-order valence-electron chi connectivity index (χ2n) is 5.11. The molecule has 1 N–H and O–H groups in total. The summed E-state index contributed by atoms with van der Waals surface area (Å²) in [6.45, 7) is 3.52. The number of hydrogen-bond acceptors (Lipinski definition) is 4. The SMILES string of the molecule is C=CCC(NS(=O)(=O)c1ccc(-c2ccccc2)cc1)C(=O)OC. The third kappa shape index (κ3) is 4.31. The summed E-state index contributed by atoms with van der Waals surface area (Å²) in [5.74, 6) is -0.653. The smallest absolute Gasteiger partial charge is 0.324 e. The van der Waals surface area contributed by atoms with E-state index in [1.54, 1.807) is 12.1 Å². The van der Waals surface area contributed by atoms with Gasteiger partial charge in [0.2, 0.25) is 10.0 Å². The lowest BCUT2D eigenvalue weighted by Gasteiger charge is -2.15. The molecule has 0 spiro atoms. The van der Waals surface area contributed by atoms with E-state index in [9.17, 15) is 13.2 Å². The van der Waals surface area contributed by atoms with Gasteiger partial charge in [0, 0.05) is 0 Å². The number of esters is 1. The molecule has 126 valence electrons. The molecule has 1 atom stereocenters. The van der Waals surface area contributed by atoms with Crippen LogP contribution in [0.4, 0.5) is 0 Å². The molecule has 6 heteroatoms. The minimum absolute atomic E-state index is 0.0835. The topological polar surface area (TPSA) is 72.5 Å². The van der Waals surface area contributed by atoms with Crippen LogP contribution in [0.15, 0.2) is 72.1 Å². The quantitative estimate of drug-likeness (QED) is 0.619. The van der Waals surface area contributed by atoms with Crippen molar-refractivity contribution in [3.05, 3.63) is 67.3 Å². The van der Waals surface area contributed by atoms with E-state index in [0.717, 1.165) is 11.1 Å². The van der Waals surface area contributed by atoms with E-state index in [1.165, 1.54) is 25.3 Å². The highest BCUT2D eigenvalue weighted by Gasteiger charge is 2.25. The molecule has 0 aliphatic rings. The first kappa shape index (κ1) is 17.9. The van der Waals surface area contributed by atoms with Gasteiger partial charge in [0.1, 0.15) is 6.04 Å². The Kier molecular flexibility index (Phi) is 5.89. The number of ether oxygens (including phenoxy) is 1. The number of rotatable bonds is 7. The van der Waals surface area contributed by atoms with Gasteiger partial charge in [-0.1, -0.05) is 48.5 Å². The summed E-state index contributed by atoms with van der Waals surface area (Å²) in [5, 5.41) is 0. The van der Waals surface area contributed by atoms with Gasteiger partial charge in [-0.15, -0.1) is 6.58 Å². The van der Waals surface area contributed by atoms with Crippen LogP contribution in [-0.2, 0) is 19.6 Å². The van der Waals surface area contributed by atoms with Gasteiger partial charge in [-0.05, 0) is 29.7 Å². The molecule has 0 aliphatic carbocycles. The highest BCUT2D eigenvalue weighted by molar-refractivity contribution is 7.89. The third-order valence-corrected chi connectivity index (χ3v) is 4.94. The number of methoxy groups -OCH3 is 1. The van der Waals surface area contributed by atoms with Crippen molar-refractivity contribution in [2.45, 2.75) is 17.4 Å². The predicted molar refractivity (Wildman–Crippen MR) is 92.8 cm³/mol. The summed E-state index contributed by atoms with van der Waals surface area (Å²) in [4.78, 5) is 11.7.